The van der Waals surface area contributed by atoms with E-state index < -0.39 is 23.4 Å². The maximum Gasteiger partial charge on any atom is 0.328 e. The highest BCUT2D eigenvalue weighted by atomic mass is 16.5. The van der Waals surface area contributed by atoms with Gasteiger partial charge in [-0.15, -0.1) is 0 Å². The van der Waals surface area contributed by atoms with Crippen molar-refractivity contribution in [3.8, 4) is 11.5 Å². The van der Waals surface area contributed by atoms with Crippen molar-refractivity contribution < 1.29 is 28.6 Å². The van der Waals surface area contributed by atoms with Gasteiger partial charge >= 0.3 is 6.03 Å². The van der Waals surface area contributed by atoms with E-state index in [-0.39, 0.29) is 24.9 Å². The van der Waals surface area contributed by atoms with Gasteiger partial charge < -0.3 is 18.8 Å². The van der Waals surface area contributed by atoms with Gasteiger partial charge in [0.1, 0.15) is 17.6 Å². The SMILES string of the molecule is CCOCCC1(Oc2ccc(OC3C=CC(n4ccnc4)=CC3)cc2)C(=O)NC(=O)NC1=O. The van der Waals surface area contributed by atoms with Crippen LogP contribution in [0.3, 0.4) is 0 Å². The molecule has 1 aromatic heterocycles. The number of nitrogens with zero attached hydrogens (tertiary/aromatic N) is 2. The van der Waals surface area contributed by atoms with Crippen molar-refractivity contribution in [3.63, 3.8) is 0 Å². The van der Waals surface area contributed by atoms with E-state index in [1.807, 2.05) is 22.9 Å². The van der Waals surface area contributed by atoms with Gasteiger partial charge in [0.2, 0.25) is 0 Å². The molecule has 0 radical (unpaired) electrons. The highest BCUT2D eigenvalue weighted by Gasteiger charge is 2.52. The molecule has 1 unspecified atom stereocenters. The number of imidazole rings is 1. The first-order valence-corrected chi connectivity index (χ1v) is 10.6. The van der Waals surface area contributed by atoms with Gasteiger partial charge in [0.25, 0.3) is 17.4 Å². The highest BCUT2D eigenvalue weighted by Crippen LogP contribution is 2.28. The zero-order chi connectivity index (χ0) is 23.3. The number of carbonyl (C=O) groups is 3. The Bertz CT molecular complexity index is 1050. The summed E-state index contributed by atoms with van der Waals surface area (Å²) in [6, 6.07) is 5.72. The summed E-state index contributed by atoms with van der Waals surface area (Å²) in [6.45, 7) is 2.32. The number of imide groups is 2. The minimum absolute atomic E-state index is 0.0531. The third-order valence-electron chi connectivity index (χ3n) is 5.24. The molecule has 2 aliphatic rings. The fourth-order valence-electron chi connectivity index (χ4n) is 3.52. The Morgan fingerprint density at radius 1 is 1.12 bits per heavy atom. The van der Waals surface area contributed by atoms with Gasteiger partial charge in [-0.05, 0) is 43.3 Å². The van der Waals surface area contributed by atoms with E-state index in [0.717, 1.165) is 5.70 Å². The van der Waals surface area contributed by atoms with Gasteiger partial charge in [-0.2, -0.15) is 0 Å². The lowest BCUT2D eigenvalue weighted by Gasteiger charge is -2.34. The fraction of sp³-hybridized carbons (Fsp3) is 0.304. The standard InChI is InChI=1S/C23H24N4O6/c1-2-31-14-11-23(20(28)25-22(30)26-21(23)29)33-19-9-7-18(8-10-19)32-17-5-3-16(4-6-17)27-13-12-24-15-27/h3-5,7-10,12-13,15,17H,2,6,11,14H2,1H3,(H2,25,26,28,29,30). The second-order valence-corrected chi connectivity index (χ2v) is 7.43. The minimum atomic E-state index is -1.91. The van der Waals surface area contributed by atoms with Crippen molar-refractivity contribution >= 4 is 23.5 Å². The maximum atomic E-state index is 12.6. The minimum Gasteiger partial charge on any atom is -0.486 e. The van der Waals surface area contributed by atoms with Gasteiger partial charge in [0.05, 0.1) is 12.9 Å². The molecule has 0 spiro atoms. The van der Waals surface area contributed by atoms with Crippen LogP contribution in [0.5, 0.6) is 11.5 Å². The normalized spacial score (nSPS) is 19.5. The second kappa shape index (κ2) is 9.70. The molecule has 2 heterocycles. The van der Waals surface area contributed by atoms with Crippen LogP contribution in [0, 0.1) is 0 Å². The predicted molar refractivity (Wildman–Crippen MR) is 117 cm³/mol. The molecule has 4 amide bonds. The van der Waals surface area contributed by atoms with Crippen LogP contribution in [0.25, 0.3) is 5.70 Å². The molecule has 10 nitrogen and oxygen atoms in total. The number of rotatable bonds is 9. The Kier molecular flexibility index (Phi) is 6.55. The Labute approximate surface area is 190 Å². The van der Waals surface area contributed by atoms with Crippen LogP contribution in [-0.2, 0) is 14.3 Å². The number of barbiturate groups is 1. The summed E-state index contributed by atoms with van der Waals surface area (Å²) in [5, 5.41) is 4.19. The van der Waals surface area contributed by atoms with Gasteiger partial charge in [0, 0.05) is 37.5 Å². The first-order chi connectivity index (χ1) is 16.0. The number of hydrogen-bond acceptors (Lipinski definition) is 7. The molecule has 1 fully saturated rings. The third-order valence-corrected chi connectivity index (χ3v) is 5.24. The average Bonchev–Trinajstić information content (AvgIpc) is 3.34. The molecular formula is C23H24N4O6. The summed E-state index contributed by atoms with van der Waals surface area (Å²) < 4.78 is 19.0. The molecule has 0 bridgehead atoms. The summed E-state index contributed by atoms with van der Waals surface area (Å²) in [4.78, 5) is 40.7. The molecule has 1 aliphatic carbocycles. The van der Waals surface area contributed by atoms with Crippen LogP contribution in [0.2, 0.25) is 0 Å². The van der Waals surface area contributed by atoms with Crippen molar-refractivity contribution in [2.75, 3.05) is 13.2 Å². The summed E-state index contributed by atoms with van der Waals surface area (Å²) >= 11 is 0. The van der Waals surface area contributed by atoms with E-state index in [2.05, 4.69) is 21.7 Å². The molecule has 33 heavy (non-hydrogen) atoms. The Morgan fingerprint density at radius 2 is 1.85 bits per heavy atom. The molecule has 1 saturated heterocycles. The number of amides is 4. The molecule has 0 saturated carbocycles. The number of urea groups is 1. The van der Waals surface area contributed by atoms with Gasteiger partial charge in [-0.1, -0.05) is 6.08 Å². The Hall–Kier alpha value is -3.92. The molecule has 1 atom stereocenters. The lowest BCUT2D eigenvalue weighted by atomic mass is 9.95. The van der Waals surface area contributed by atoms with E-state index >= 15 is 0 Å². The monoisotopic (exact) mass is 452 g/mol. The smallest absolute Gasteiger partial charge is 0.328 e. The van der Waals surface area contributed by atoms with E-state index in [9.17, 15) is 14.4 Å². The molecule has 1 aromatic carbocycles. The Balaban J connectivity index is 1.41. The Morgan fingerprint density at radius 3 is 2.45 bits per heavy atom. The quantitative estimate of drug-likeness (QED) is 0.441. The number of allylic oxidation sites excluding steroid dienone is 2. The molecule has 2 aromatic rings. The molecule has 2 N–H and O–H groups in total. The zero-order valence-corrected chi connectivity index (χ0v) is 18.0. The molecule has 4 rings (SSSR count). The predicted octanol–water partition coefficient (Wildman–Crippen LogP) is 2.04. The van der Waals surface area contributed by atoms with E-state index in [1.54, 1.807) is 43.7 Å². The second-order valence-electron chi connectivity index (χ2n) is 7.43. The van der Waals surface area contributed by atoms with E-state index in [4.69, 9.17) is 14.2 Å². The maximum absolute atomic E-state index is 12.6. The van der Waals surface area contributed by atoms with Gasteiger partial charge in [-0.25, -0.2) is 9.78 Å². The van der Waals surface area contributed by atoms with Crippen LogP contribution in [0.4, 0.5) is 4.79 Å². The van der Waals surface area contributed by atoms with Crippen LogP contribution < -0.4 is 20.1 Å². The van der Waals surface area contributed by atoms with Crippen molar-refractivity contribution in [3.05, 3.63) is 61.2 Å². The molecule has 172 valence electrons. The molecule has 10 heteroatoms. The first-order valence-electron chi connectivity index (χ1n) is 10.6. The highest BCUT2D eigenvalue weighted by molar-refractivity contribution is 6.21. The number of hydrogen-bond donors (Lipinski definition) is 2. The van der Waals surface area contributed by atoms with Crippen LogP contribution in [0.1, 0.15) is 19.8 Å². The summed E-state index contributed by atoms with van der Waals surface area (Å²) in [5.74, 6) is -0.777. The number of benzene rings is 1. The third kappa shape index (κ3) is 4.96. The summed E-state index contributed by atoms with van der Waals surface area (Å²) in [6.07, 6.45) is 11.8. The fourth-order valence-corrected chi connectivity index (χ4v) is 3.52. The first kappa shape index (κ1) is 22.3. The molecular weight excluding hydrogens is 428 g/mol. The van der Waals surface area contributed by atoms with E-state index in [0.29, 0.717) is 18.8 Å². The lowest BCUT2D eigenvalue weighted by molar-refractivity contribution is -0.153. The molecule has 1 aliphatic heterocycles. The topological polar surface area (TPSA) is 121 Å². The van der Waals surface area contributed by atoms with Crippen molar-refractivity contribution in [2.45, 2.75) is 31.5 Å². The van der Waals surface area contributed by atoms with Crippen LogP contribution in [-0.4, -0.2) is 52.3 Å². The lowest BCUT2D eigenvalue weighted by Crippen LogP contribution is -2.69. The van der Waals surface area contributed by atoms with E-state index in [1.165, 1.54) is 0 Å². The summed E-state index contributed by atoms with van der Waals surface area (Å²) in [5.41, 5.74) is -0.887. The summed E-state index contributed by atoms with van der Waals surface area (Å²) in [7, 11) is 0. The van der Waals surface area contributed by atoms with Crippen molar-refractivity contribution in [2.24, 2.45) is 0 Å². The van der Waals surface area contributed by atoms with Crippen molar-refractivity contribution in [1.82, 2.24) is 20.2 Å². The van der Waals surface area contributed by atoms with Crippen LogP contribution >= 0.6 is 0 Å². The van der Waals surface area contributed by atoms with Gasteiger partial charge in [-0.3, -0.25) is 20.2 Å². The number of ether oxygens (including phenoxy) is 3. The van der Waals surface area contributed by atoms with Crippen LogP contribution in [0.15, 0.2) is 61.2 Å². The number of aromatic nitrogens is 2. The number of nitrogens with one attached hydrogen (secondary N) is 2. The van der Waals surface area contributed by atoms with Crippen molar-refractivity contribution in [1.29, 1.82) is 0 Å². The zero-order valence-electron chi connectivity index (χ0n) is 18.0. The number of carbonyl (C=O) groups excluding carboxylic acids is 3. The van der Waals surface area contributed by atoms with Gasteiger partial charge in [0.15, 0.2) is 0 Å². The average molecular weight is 452 g/mol. The largest absolute Gasteiger partial charge is 0.486 e.